The van der Waals surface area contributed by atoms with Gasteiger partial charge in [0, 0.05) is 21.6 Å². The molecule has 2 aromatic carbocycles. The van der Waals surface area contributed by atoms with Gasteiger partial charge < -0.3 is 4.74 Å². The highest BCUT2D eigenvalue weighted by molar-refractivity contribution is 9.10. The van der Waals surface area contributed by atoms with E-state index in [4.69, 9.17) is 4.74 Å². The van der Waals surface area contributed by atoms with Crippen molar-refractivity contribution >= 4 is 38.6 Å². The summed E-state index contributed by atoms with van der Waals surface area (Å²) in [5.41, 5.74) is 3.05. The second-order valence-electron chi connectivity index (χ2n) is 4.55. The first kappa shape index (κ1) is 14.9. The van der Waals surface area contributed by atoms with E-state index in [1.165, 1.54) is 11.3 Å². The van der Waals surface area contributed by atoms with Gasteiger partial charge in [-0.25, -0.2) is 9.98 Å². The minimum Gasteiger partial charge on any atom is -0.497 e. The molecule has 0 fully saturated rings. The predicted octanol–water partition coefficient (Wildman–Crippen LogP) is 5.33. The minimum absolute atomic E-state index is 0.744. The Labute approximate surface area is 141 Å². The molecule has 110 valence electrons. The fourth-order valence-electron chi connectivity index (χ4n) is 1.90. The topological polar surface area (TPSA) is 34.5 Å². The smallest absolute Gasteiger partial charge is 0.209 e. The van der Waals surface area contributed by atoms with Crippen LogP contribution in [0.15, 0.2) is 63.4 Å². The van der Waals surface area contributed by atoms with Crippen LogP contribution < -0.4 is 4.74 Å². The molecule has 22 heavy (non-hydrogen) atoms. The lowest BCUT2D eigenvalue weighted by Crippen LogP contribution is -1.84. The van der Waals surface area contributed by atoms with E-state index in [0.29, 0.717) is 0 Å². The highest BCUT2D eigenvalue weighted by atomic mass is 79.9. The van der Waals surface area contributed by atoms with Crippen molar-refractivity contribution in [2.45, 2.75) is 0 Å². The Hall–Kier alpha value is -1.98. The van der Waals surface area contributed by atoms with E-state index in [1.54, 1.807) is 7.11 Å². The Morgan fingerprint density at radius 2 is 1.82 bits per heavy atom. The second kappa shape index (κ2) is 6.85. The molecular formula is C17H13BrN2OS. The number of methoxy groups -OCH3 is 1. The molecule has 0 radical (unpaired) electrons. The Morgan fingerprint density at radius 3 is 2.50 bits per heavy atom. The van der Waals surface area contributed by atoms with Crippen LogP contribution in [0.5, 0.6) is 5.75 Å². The fourth-order valence-corrected chi connectivity index (χ4v) is 2.83. The molecular weight excluding hydrogens is 360 g/mol. The summed E-state index contributed by atoms with van der Waals surface area (Å²) < 4.78 is 6.19. The van der Waals surface area contributed by atoms with Crippen LogP contribution in [0, 0.1) is 0 Å². The molecule has 0 aliphatic rings. The van der Waals surface area contributed by atoms with Gasteiger partial charge in [-0.05, 0) is 42.0 Å². The lowest BCUT2D eigenvalue weighted by Gasteiger charge is -1.98. The molecule has 0 amide bonds. The summed E-state index contributed by atoms with van der Waals surface area (Å²) in [6, 6.07) is 15.8. The van der Waals surface area contributed by atoms with Gasteiger partial charge in [0.2, 0.25) is 5.13 Å². The van der Waals surface area contributed by atoms with Crippen molar-refractivity contribution in [3.63, 3.8) is 0 Å². The number of aromatic nitrogens is 1. The highest BCUT2D eigenvalue weighted by Gasteiger charge is 2.03. The van der Waals surface area contributed by atoms with Crippen molar-refractivity contribution < 1.29 is 4.74 Å². The van der Waals surface area contributed by atoms with Crippen molar-refractivity contribution in [1.82, 2.24) is 4.98 Å². The zero-order valence-corrected chi connectivity index (χ0v) is 14.3. The molecule has 1 aromatic heterocycles. The lowest BCUT2D eigenvalue weighted by molar-refractivity contribution is 0.415. The monoisotopic (exact) mass is 372 g/mol. The van der Waals surface area contributed by atoms with Crippen LogP contribution in [0.3, 0.4) is 0 Å². The third-order valence-corrected chi connectivity index (χ3v) is 4.35. The van der Waals surface area contributed by atoms with Crippen LogP contribution in [0.2, 0.25) is 0 Å². The van der Waals surface area contributed by atoms with Gasteiger partial charge in [-0.3, -0.25) is 0 Å². The molecule has 0 saturated carbocycles. The molecule has 3 nitrogen and oxygen atoms in total. The maximum atomic E-state index is 5.13. The molecule has 0 saturated heterocycles. The summed E-state index contributed by atoms with van der Waals surface area (Å²) in [5, 5.41) is 2.76. The average molecular weight is 373 g/mol. The zero-order chi connectivity index (χ0) is 15.4. The largest absolute Gasteiger partial charge is 0.497 e. The van der Waals surface area contributed by atoms with E-state index >= 15 is 0 Å². The number of ether oxygens (including phenoxy) is 1. The number of rotatable bonds is 4. The van der Waals surface area contributed by atoms with E-state index in [2.05, 4.69) is 25.9 Å². The van der Waals surface area contributed by atoms with Gasteiger partial charge in [0.25, 0.3) is 0 Å². The van der Waals surface area contributed by atoms with Crippen LogP contribution in [0.1, 0.15) is 5.56 Å². The van der Waals surface area contributed by atoms with Gasteiger partial charge >= 0.3 is 0 Å². The summed E-state index contributed by atoms with van der Waals surface area (Å²) in [6.07, 6.45) is 1.81. The van der Waals surface area contributed by atoms with Crippen molar-refractivity contribution in [2.24, 2.45) is 4.99 Å². The van der Waals surface area contributed by atoms with Gasteiger partial charge in [0.05, 0.1) is 12.8 Å². The minimum atomic E-state index is 0.744. The molecule has 3 aromatic rings. The number of benzene rings is 2. The number of hydrogen-bond donors (Lipinski definition) is 0. The summed E-state index contributed by atoms with van der Waals surface area (Å²) in [5.74, 6) is 0.837. The molecule has 0 spiro atoms. The quantitative estimate of drug-likeness (QED) is 0.579. The van der Waals surface area contributed by atoms with E-state index in [-0.39, 0.29) is 0 Å². The second-order valence-corrected chi connectivity index (χ2v) is 6.31. The Balaban J connectivity index is 1.75. The fraction of sp³-hybridized carbons (Fsp3) is 0.0588. The number of aliphatic imine (C=N–C) groups is 1. The molecule has 3 rings (SSSR count). The third kappa shape index (κ3) is 3.61. The summed E-state index contributed by atoms with van der Waals surface area (Å²) >= 11 is 4.96. The standard InChI is InChI=1S/C17H13BrN2OS/c1-21-15-8-2-12(3-9-15)10-19-17-20-16(11-22-17)13-4-6-14(18)7-5-13/h2-11H,1H3. The van der Waals surface area contributed by atoms with Gasteiger partial charge in [-0.2, -0.15) is 0 Å². The zero-order valence-electron chi connectivity index (χ0n) is 11.9. The number of nitrogens with zero attached hydrogens (tertiary/aromatic N) is 2. The van der Waals surface area contributed by atoms with Crippen LogP contribution in [-0.2, 0) is 0 Å². The number of thiazole rings is 1. The van der Waals surface area contributed by atoms with Crippen LogP contribution >= 0.6 is 27.3 Å². The van der Waals surface area contributed by atoms with E-state index < -0.39 is 0 Å². The maximum absolute atomic E-state index is 5.13. The molecule has 0 aliphatic carbocycles. The molecule has 1 heterocycles. The Kier molecular flexibility index (Phi) is 4.65. The number of halogens is 1. The summed E-state index contributed by atoms with van der Waals surface area (Å²) in [6.45, 7) is 0. The highest BCUT2D eigenvalue weighted by Crippen LogP contribution is 2.27. The molecule has 0 atom stereocenters. The van der Waals surface area contributed by atoms with E-state index in [1.807, 2.05) is 60.1 Å². The first-order chi connectivity index (χ1) is 10.7. The SMILES string of the molecule is COc1ccc(C=Nc2nc(-c3ccc(Br)cc3)cs2)cc1. The normalized spacial score (nSPS) is 11.0. The average Bonchev–Trinajstić information content (AvgIpc) is 3.03. The molecule has 0 N–H and O–H groups in total. The van der Waals surface area contributed by atoms with Gasteiger partial charge in [0.15, 0.2) is 0 Å². The molecule has 0 aliphatic heterocycles. The van der Waals surface area contributed by atoms with Crippen molar-refractivity contribution in [2.75, 3.05) is 7.11 Å². The van der Waals surface area contributed by atoms with Gasteiger partial charge in [-0.15, -0.1) is 11.3 Å². The van der Waals surface area contributed by atoms with Crippen LogP contribution in [0.25, 0.3) is 11.3 Å². The molecule has 5 heteroatoms. The Morgan fingerprint density at radius 1 is 1.09 bits per heavy atom. The van der Waals surface area contributed by atoms with Crippen molar-refractivity contribution in [3.8, 4) is 17.0 Å². The first-order valence-corrected chi connectivity index (χ1v) is 8.31. The predicted molar refractivity (Wildman–Crippen MR) is 95.5 cm³/mol. The maximum Gasteiger partial charge on any atom is 0.209 e. The van der Waals surface area contributed by atoms with Gasteiger partial charge in [0.1, 0.15) is 5.75 Å². The third-order valence-electron chi connectivity index (χ3n) is 3.07. The first-order valence-electron chi connectivity index (χ1n) is 6.64. The van der Waals surface area contributed by atoms with E-state index in [0.717, 1.165) is 32.2 Å². The van der Waals surface area contributed by atoms with E-state index in [9.17, 15) is 0 Å². The number of hydrogen-bond acceptors (Lipinski definition) is 4. The van der Waals surface area contributed by atoms with Crippen LogP contribution in [-0.4, -0.2) is 18.3 Å². The van der Waals surface area contributed by atoms with Gasteiger partial charge in [-0.1, -0.05) is 28.1 Å². The molecule has 0 bridgehead atoms. The molecule has 0 unspecified atom stereocenters. The summed E-state index contributed by atoms with van der Waals surface area (Å²) in [4.78, 5) is 8.97. The van der Waals surface area contributed by atoms with Crippen molar-refractivity contribution in [1.29, 1.82) is 0 Å². The van der Waals surface area contributed by atoms with Crippen LogP contribution in [0.4, 0.5) is 5.13 Å². The summed E-state index contributed by atoms with van der Waals surface area (Å²) in [7, 11) is 1.66. The lowest BCUT2D eigenvalue weighted by atomic mass is 10.2. The Bertz CT molecular complexity index is 779. The van der Waals surface area contributed by atoms with Crippen molar-refractivity contribution in [3.05, 3.63) is 63.9 Å².